The van der Waals surface area contributed by atoms with Gasteiger partial charge in [-0.25, -0.2) is 0 Å². The number of carboxylic acids is 1. The predicted octanol–water partition coefficient (Wildman–Crippen LogP) is 2.68. The Morgan fingerprint density at radius 1 is 1.25 bits per heavy atom. The van der Waals surface area contributed by atoms with Crippen LogP contribution in [0.15, 0.2) is 30.3 Å². The van der Waals surface area contributed by atoms with Crippen molar-refractivity contribution in [2.75, 3.05) is 13.6 Å². The third kappa shape index (κ3) is 3.83. The lowest BCUT2D eigenvalue weighted by Gasteiger charge is -2.27. The number of amides is 1. The van der Waals surface area contributed by atoms with Gasteiger partial charge in [-0.3, -0.25) is 9.59 Å². The van der Waals surface area contributed by atoms with Crippen molar-refractivity contribution >= 4 is 11.9 Å². The van der Waals surface area contributed by atoms with Crippen LogP contribution in [0, 0.1) is 0 Å². The Bertz CT molecular complexity index is 458. The first-order chi connectivity index (χ1) is 9.41. The first-order valence-corrected chi connectivity index (χ1v) is 6.94. The fourth-order valence-corrected chi connectivity index (χ4v) is 2.06. The number of benzene rings is 1. The Balaban J connectivity index is 2.88. The highest BCUT2D eigenvalue weighted by molar-refractivity contribution is 5.89. The van der Waals surface area contributed by atoms with E-state index in [-0.39, 0.29) is 12.3 Å². The molecule has 0 heterocycles. The third-order valence-electron chi connectivity index (χ3n) is 3.66. The number of unbranched alkanes of at least 4 members (excludes halogenated alkanes) is 1. The molecule has 4 heteroatoms. The monoisotopic (exact) mass is 277 g/mol. The highest BCUT2D eigenvalue weighted by Crippen LogP contribution is 2.28. The van der Waals surface area contributed by atoms with E-state index in [1.54, 1.807) is 43.1 Å². The van der Waals surface area contributed by atoms with Crippen LogP contribution in [0.3, 0.4) is 0 Å². The standard InChI is InChI=1S/C16H23NO3/c1-4-5-11-17(3)14(18)12-16(2,15(19)20)13-9-7-6-8-10-13/h6-10H,4-5,11-12H2,1-3H3,(H,19,20). The number of hydrogen-bond acceptors (Lipinski definition) is 2. The summed E-state index contributed by atoms with van der Waals surface area (Å²) in [6, 6.07) is 8.94. The van der Waals surface area contributed by atoms with E-state index in [4.69, 9.17) is 0 Å². The summed E-state index contributed by atoms with van der Waals surface area (Å²) in [4.78, 5) is 25.4. The van der Waals surface area contributed by atoms with Crippen molar-refractivity contribution < 1.29 is 14.7 Å². The van der Waals surface area contributed by atoms with Crippen LogP contribution in [-0.2, 0) is 15.0 Å². The Morgan fingerprint density at radius 3 is 2.35 bits per heavy atom. The van der Waals surface area contributed by atoms with Crippen molar-refractivity contribution in [3.8, 4) is 0 Å². The molecule has 4 nitrogen and oxygen atoms in total. The number of carbonyl (C=O) groups excluding carboxylic acids is 1. The molecule has 0 spiro atoms. The quantitative estimate of drug-likeness (QED) is 0.833. The molecule has 0 aliphatic heterocycles. The summed E-state index contributed by atoms with van der Waals surface area (Å²) in [5.74, 6) is -1.10. The van der Waals surface area contributed by atoms with Crippen molar-refractivity contribution in [3.63, 3.8) is 0 Å². The van der Waals surface area contributed by atoms with E-state index in [1.165, 1.54) is 0 Å². The van der Waals surface area contributed by atoms with Crippen LogP contribution in [0.1, 0.15) is 38.7 Å². The molecule has 0 bridgehead atoms. The van der Waals surface area contributed by atoms with Gasteiger partial charge in [0.1, 0.15) is 0 Å². The van der Waals surface area contributed by atoms with Crippen molar-refractivity contribution in [2.45, 2.75) is 38.5 Å². The molecule has 1 N–H and O–H groups in total. The van der Waals surface area contributed by atoms with Crippen LogP contribution < -0.4 is 0 Å². The fourth-order valence-electron chi connectivity index (χ4n) is 2.06. The maximum absolute atomic E-state index is 12.2. The molecule has 110 valence electrons. The average molecular weight is 277 g/mol. The summed E-state index contributed by atoms with van der Waals surface area (Å²) in [5, 5.41) is 9.52. The lowest BCUT2D eigenvalue weighted by atomic mass is 9.79. The molecule has 1 atom stereocenters. The van der Waals surface area contributed by atoms with Crippen molar-refractivity contribution in [3.05, 3.63) is 35.9 Å². The zero-order valence-corrected chi connectivity index (χ0v) is 12.4. The minimum Gasteiger partial charge on any atom is -0.481 e. The van der Waals surface area contributed by atoms with Gasteiger partial charge >= 0.3 is 5.97 Å². The maximum Gasteiger partial charge on any atom is 0.314 e. The van der Waals surface area contributed by atoms with Crippen LogP contribution >= 0.6 is 0 Å². The van der Waals surface area contributed by atoms with Gasteiger partial charge in [0.05, 0.1) is 5.41 Å². The number of aliphatic carboxylic acids is 1. The van der Waals surface area contributed by atoms with Crippen LogP contribution in [-0.4, -0.2) is 35.5 Å². The van der Waals surface area contributed by atoms with Gasteiger partial charge in [0.15, 0.2) is 0 Å². The Kier molecular flexibility index (Phi) is 5.74. The summed E-state index contributed by atoms with van der Waals surface area (Å²) < 4.78 is 0. The van der Waals surface area contributed by atoms with E-state index < -0.39 is 11.4 Å². The lowest BCUT2D eigenvalue weighted by molar-refractivity contribution is -0.147. The largest absolute Gasteiger partial charge is 0.481 e. The zero-order chi connectivity index (χ0) is 15.2. The molecule has 1 rings (SSSR count). The molecule has 0 fully saturated rings. The normalized spacial score (nSPS) is 13.6. The Hall–Kier alpha value is -1.84. The second-order valence-electron chi connectivity index (χ2n) is 5.35. The number of rotatable bonds is 7. The molecule has 0 aliphatic rings. The second kappa shape index (κ2) is 7.08. The molecule has 1 aromatic rings. The molecule has 0 radical (unpaired) electrons. The molecule has 0 saturated carbocycles. The number of hydrogen-bond donors (Lipinski definition) is 1. The molecular formula is C16H23NO3. The van der Waals surface area contributed by atoms with Gasteiger partial charge < -0.3 is 10.0 Å². The van der Waals surface area contributed by atoms with Gasteiger partial charge in [-0.05, 0) is 18.9 Å². The second-order valence-corrected chi connectivity index (χ2v) is 5.35. The molecule has 0 saturated heterocycles. The third-order valence-corrected chi connectivity index (χ3v) is 3.66. The fraction of sp³-hybridized carbons (Fsp3) is 0.500. The van der Waals surface area contributed by atoms with E-state index in [9.17, 15) is 14.7 Å². The molecule has 1 amide bonds. The van der Waals surface area contributed by atoms with Crippen LogP contribution in [0.2, 0.25) is 0 Å². The van der Waals surface area contributed by atoms with Crippen LogP contribution in [0.25, 0.3) is 0 Å². The number of carbonyl (C=O) groups is 2. The summed E-state index contributed by atoms with van der Waals surface area (Å²) in [6.07, 6.45) is 1.91. The van der Waals surface area contributed by atoms with E-state index in [1.807, 2.05) is 6.07 Å². The molecule has 1 aromatic carbocycles. The van der Waals surface area contributed by atoms with Crippen molar-refractivity contribution in [2.24, 2.45) is 0 Å². The minimum absolute atomic E-state index is 0.0213. The minimum atomic E-state index is -1.18. The van der Waals surface area contributed by atoms with Crippen LogP contribution in [0.4, 0.5) is 0 Å². The topological polar surface area (TPSA) is 57.6 Å². The first kappa shape index (κ1) is 16.2. The summed E-state index contributed by atoms with van der Waals surface area (Å²) in [6.45, 7) is 4.33. The van der Waals surface area contributed by atoms with Gasteiger partial charge in [-0.2, -0.15) is 0 Å². The van der Waals surface area contributed by atoms with Gasteiger partial charge in [-0.1, -0.05) is 43.7 Å². The molecule has 0 aromatic heterocycles. The maximum atomic E-state index is 12.2. The van der Waals surface area contributed by atoms with Gasteiger partial charge in [0.25, 0.3) is 0 Å². The molecule has 0 aliphatic carbocycles. The smallest absolute Gasteiger partial charge is 0.314 e. The van der Waals surface area contributed by atoms with Crippen molar-refractivity contribution in [1.29, 1.82) is 0 Å². The van der Waals surface area contributed by atoms with Gasteiger partial charge in [-0.15, -0.1) is 0 Å². The Labute approximate surface area is 120 Å². The van der Waals surface area contributed by atoms with Crippen LogP contribution in [0.5, 0.6) is 0 Å². The molecular weight excluding hydrogens is 254 g/mol. The van der Waals surface area contributed by atoms with Gasteiger partial charge in [0, 0.05) is 20.0 Å². The summed E-state index contributed by atoms with van der Waals surface area (Å²) in [7, 11) is 1.73. The lowest BCUT2D eigenvalue weighted by Crippen LogP contribution is -2.39. The predicted molar refractivity (Wildman–Crippen MR) is 78.6 cm³/mol. The van der Waals surface area contributed by atoms with Gasteiger partial charge in [0.2, 0.25) is 5.91 Å². The number of carboxylic acid groups (broad SMARTS) is 1. The first-order valence-electron chi connectivity index (χ1n) is 6.94. The molecule has 20 heavy (non-hydrogen) atoms. The summed E-state index contributed by atoms with van der Waals surface area (Å²) >= 11 is 0. The Morgan fingerprint density at radius 2 is 1.85 bits per heavy atom. The number of nitrogens with zero attached hydrogens (tertiary/aromatic N) is 1. The molecule has 1 unspecified atom stereocenters. The van der Waals surface area contributed by atoms with E-state index in [2.05, 4.69) is 6.92 Å². The van der Waals surface area contributed by atoms with E-state index in [0.717, 1.165) is 12.8 Å². The van der Waals surface area contributed by atoms with E-state index >= 15 is 0 Å². The van der Waals surface area contributed by atoms with Crippen molar-refractivity contribution in [1.82, 2.24) is 4.90 Å². The highest BCUT2D eigenvalue weighted by Gasteiger charge is 2.38. The zero-order valence-electron chi connectivity index (χ0n) is 12.4. The SMILES string of the molecule is CCCCN(C)C(=O)CC(C)(C(=O)O)c1ccccc1. The average Bonchev–Trinajstić information content (AvgIpc) is 2.45. The van der Waals surface area contributed by atoms with E-state index in [0.29, 0.717) is 12.1 Å². The highest BCUT2D eigenvalue weighted by atomic mass is 16.4. The summed E-state index contributed by atoms with van der Waals surface area (Å²) in [5.41, 5.74) is -0.525.